The average molecular weight is 596 g/mol. The predicted molar refractivity (Wildman–Crippen MR) is 170 cm³/mol. The number of carboxylic acid groups (broad SMARTS) is 3. The molecule has 7 nitrogen and oxygen atoms in total. The van der Waals surface area contributed by atoms with E-state index in [1.165, 1.54) is 96.3 Å². The van der Waals surface area contributed by atoms with Gasteiger partial charge in [-0.15, -0.1) is 0 Å². The Morgan fingerprint density at radius 2 is 0.905 bits per heavy atom. The van der Waals surface area contributed by atoms with E-state index in [9.17, 15) is 29.7 Å². The highest BCUT2D eigenvalue weighted by Crippen LogP contribution is 2.22. The van der Waals surface area contributed by atoms with Crippen molar-refractivity contribution in [1.82, 2.24) is 0 Å². The van der Waals surface area contributed by atoms with E-state index in [-0.39, 0.29) is 24.1 Å². The Hall–Kier alpha value is -1.89. The number of quaternary nitrogens is 1. The Labute approximate surface area is 257 Å². The lowest BCUT2D eigenvalue weighted by molar-refractivity contribution is -0.934. The Morgan fingerprint density at radius 1 is 0.571 bits per heavy atom. The fraction of sp³-hybridized carbons (Fsp3) is 0.857. The minimum atomic E-state index is -1.18. The fourth-order valence-electron chi connectivity index (χ4n) is 6.05. The molecule has 0 amide bonds. The van der Waals surface area contributed by atoms with Gasteiger partial charge in [-0.05, 0) is 52.4 Å². The number of carbonyl (C=O) groups excluding carboxylic acids is 1. The van der Waals surface area contributed by atoms with E-state index in [4.69, 9.17) is 0 Å². The number of hydrogen-bond donors (Lipinski definition) is 2. The zero-order valence-corrected chi connectivity index (χ0v) is 27.6. The topological polar surface area (TPSA) is 115 Å². The molecule has 0 aromatic rings. The lowest BCUT2D eigenvalue weighted by Crippen LogP contribution is -2.58. The van der Waals surface area contributed by atoms with Gasteiger partial charge in [-0.2, -0.15) is 0 Å². The maximum atomic E-state index is 11.6. The van der Waals surface area contributed by atoms with Crippen LogP contribution in [-0.2, 0) is 14.4 Å². The quantitative estimate of drug-likeness (QED) is 0.0501. The second-order valence-electron chi connectivity index (χ2n) is 13.0. The molecule has 0 saturated carbocycles. The van der Waals surface area contributed by atoms with Crippen molar-refractivity contribution in [1.29, 1.82) is 0 Å². The molecule has 42 heavy (non-hydrogen) atoms. The van der Waals surface area contributed by atoms with E-state index in [1.54, 1.807) is 20.8 Å². The van der Waals surface area contributed by atoms with Crippen LogP contribution in [0.4, 0.5) is 0 Å². The molecule has 0 aromatic carbocycles. The standard InChI is InChI=1S/C35H65NO6/c1-5-6-7-8-9-10-11-12-13-14-15-16-17-18-19-20-21-22-23-24-25-26-36(27-30(2)33(37)38,28-31(3)34(39)40)29-32(4)35(41)42/h14-15,30-32H,5-13,16-29H2,1-4H3,(H2-,37,38,39,40,41,42)/b15-14+. The Morgan fingerprint density at radius 3 is 1.26 bits per heavy atom. The van der Waals surface area contributed by atoms with Crippen molar-refractivity contribution < 1.29 is 34.2 Å². The summed E-state index contributed by atoms with van der Waals surface area (Å²) in [5, 5.41) is 30.6. The van der Waals surface area contributed by atoms with Gasteiger partial charge in [0.05, 0.1) is 26.2 Å². The smallest absolute Gasteiger partial charge is 0.311 e. The Bertz CT molecular complexity index is 682. The van der Waals surface area contributed by atoms with Crippen LogP contribution in [0.1, 0.15) is 150 Å². The van der Waals surface area contributed by atoms with Crippen molar-refractivity contribution in [3.8, 4) is 0 Å². The van der Waals surface area contributed by atoms with E-state index in [0.717, 1.165) is 25.7 Å². The highest BCUT2D eigenvalue weighted by atomic mass is 16.4. The number of rotatable bonds is 30. The van der Waals surface area contributed by atoms with Crippen LogP contribution in [0, 0.1) is 17.8 Å². The number of hydrogen-bond acceptors (Lipinski definition) is 4. The summed E-state index contributed by atoms with van der Waals surface area (Å²) in [6.45, 7) is 8.26. The minimum Gasteiger partial charge on any atom is -0.550 e. The van der Waals surface area contributed by atoms with E-state index in [0.29, 0.717) is 6.54 Å². The van der Waals surface area contributed by atoms with Gasteiger partial charge in [0.25, 0.3) is 0 Å². The number of allylic oxidation sites excluding steroid dienone is 2. The predicted octanol–water partition coefficient (Wildman–Crippen LogP) is 7.62. The van der Waals surface area contributed by atoms with Crippen LogP contribution in [0.2, 0.25) is 0 Å². The summed E-state index contributed by atoms with van der Waals surface area (Å²) in [6, 6.07) is 0. The number of unbranched alkanes of at least 4 members (excludes halogenated alkanes) is 17. The van der Waals surface area contributed by atoms with Gasteiger partial charge in [0.1, 0.15) is 11.8 Å². The van der Waals surface area contributed by atoms with Gasteiger partial charge in [-0.3, -0.25) is 9.59 Å². The third-order valence-electron chi connectivity index (χ3n) is 8.62. The minimum absolute atomic E-state index is 0.184. The Balaban J connectivity index is 4.21. The molecule has 0 aliphatic heterocycles. The summed E-state index contributed by atoms with van der Waals surface area (Å²) < 4.78 is 0.184. The summed E-state index contributed by atoms with van der Waals surface area (Å²) in [5.41, 5.74) is 0. The highest BCUT2D eigenvalue weighted by molar-refractivity contribution is 5.70. The van der Waals surface area contributed by atoms with Crippen molar-refractivity contribution in [3.05, 3.63) is 12.2 Å². The summed E-state index contributed by atoms with van der Waals surface area (Å²) in [5.74, 6) is -5.24. The van der Waals surface area contributed by atoms with Gasteiger partial charge < -0.3 is 24.6 Å². The van der Waals surface area contributed by atoms with Crippen molar-refractivity contribution in [2.45, 2.75) is 150 Å². The third-order valence-corrected chi connectivity index (χ3v) is 8.62. The number of carbonyl (C=O) groups is 3. The summed E-state index contributed by atoms with van der Waals surface area (Å²) in [4.78, 5) is 34.8. The van der Waals surface area contributed by atoms with Crippen LogP contribution < -0.4 is 5.11 Å². The van der Waals surface area contributed by atoms with Crippen LogP contribution >= 0.6 is 0 Å². The molecule has 0 bridgehead atoms. The molecule has 0 heterocycles. The summed E-state index contributed by atoms with van der Waals surface area (Å²) >= 11 is 0. The SMILES string of the molecule is CCCCCCCCCC/C=C/CCCCCCCCCCC[N+](CC(C)C(=O)[O-])(CC(C)C(=O)O)CC(C)C(=O)O. The largest absolute Gasteiger partial charge is 0.550 e. The maximum absolute atomic E-state index is 11.6. The number of aliphatic carboxylic acids is 3. The summed E-state index contributed by atoms with van der Waals surface area (Å²) in [7, 11) is 0. The molecule has 0 spiro atoms. The average Bonchev–Trinajstić information content (AvgIpc) is 2.93. The van der Waals surface area contributed by atoms with E-state index >= 15 is 0 Å². The number of nitrogens with zero attached hydrogens (tertiary/aromatic N) is 1. The number of carboxylic acids is 3. The second-order valence-corrected chi connectivity index (χ2v) is 13.0. The first-order chi connectivity index (χ1) is 20.0. The van der Waals surface area contributed by atoms with Crippen LogP contribution in [0.3, 0.4) is 0 Å². The van der Waals surface area contributed by atoms with E-state index in [2.05, 4.69) is 19.1 Å². The molecule has 0 fully saturated rings. The molecule has 0 rings (SSSR count). The highest BCUT2D eigenvalue weighted by Gasteiger charge is 2.36. The molecule has 0 aromatic heterocycles. The molecule has 246 valence electrons. The van der Waals surface area contributed by atoms with Gasteiger partial charge in [0.15, 0.2) is 0 Å². The van der Waals surface area contributed by atoms with E-state index in [1.807, 2.05) is 0 Å². The molecule has 2 N–H and O–H groups in total. The van der Waals surface area contributed by atoms with Crippen LogP contribution in [0.5, 0.6) is 0 Å². The summed E-state index contributed by atoms with van der Waals surface area (Å²) in [6.07, 6.45) is 28.5. The maximum Gasteiger partial charge on any atom is 0.311 e. The molecule has 3 atom stereocenters. The van der Waals surface area contributed by atoms with Crippen molar-refractivity contribution in [3.63, 3.8) is 0 Å². The first-order valence-corrected chi connectivity index (χ1v) is 17.2. The molecular formula is C35H65NO6. The van der Waals surface area contributed by atoms with Gasteiger partial charge >= 0.3 is 11.9 Å². The molecular weight excluding hydrogens is 530 g/mol. The van der Waals surface area contributed by atoms with Crippen molar-refractivity contribution in [2.24, 2.45) is 17.8 Å². The first kappa shape index (κ1) is 40.1. The molecule has 7 heteroatoms. The molecule has 0 saturated heterocycles. The molecule has 3 unspecified atom stereocenters. The van der Waals surface area contributed by atoms with Gasteiger partial charge in [-0.25, -0.2) is 0 Å². The third kappa shape index (κ3) is 21.8. The molecule has 0 aliphatic rings. The zero-order chi connectivity index (χ0) is 31.6. The molecule has 0 aliphatic carbocycles. The van der Waals surface area contributed by atoms with Gasteiger partial charge in [0, 0.05) is 11.9 Å². The molecule has 0 radical (unpaired) electrons. The Kier molecular flexibility index (Phi) is 24.4. The van der Waals surface area contributed by atoms with E-state index < -0.39 is 35.7 Å². The monoisotopic (exact) mass is 595 g/mol. The van der Waals surface area contributed by atoms with Crippen molar-refractivity contribution in [2.75, 3.05) is 26.2 Å². The lowest BCUT2D eigenvalue weighted by Gasteiger charge is -2.43. The first-order valence-electron chi connectivity index (χ1n) is 17.2. The lowest BCUT2D eigenvalue weighted by atomic mass is 10.00. The van der Waals surface area contributed by atoms with Crippen LogP contribution in [0.15, 0.2) is 12.2 Å². The van der Waals surface area contributed by atoms with Crippen LogP contribution in [0.25, 0.3) is 0 Å². The fourth-order valence-corrected chi connectivity index (χ4v) is 6.05. The normalized spacial score (nSPS) is 15.3. The van der Waals surface area contributed by atoms with Gasteiger partial charge in [-0.1, -0.05) is 109 Å². The van der Waals surface area contributed by atoms with Gasteiger partial charge in [0.2, 0.25) is 0 Å². The van der Waals surface area contributed by atoms with Crippen molar-refractivity contribution >= 4 is 17.9 Å². The zero-order valence-electron chi connectivity index (χ0n) is 27.6. The second kappa shape index (κ2) is 25.6. The van der Waals surface area contributed by atoms with Crippen LogP contribution in [-0.4, -0.2) is 58.8 Å².